The number of anilines is 1. The highest BCUT2D eigenvalue weighted by Gasteiger charge is 2.35. The highest BCUT2D eigenvalue weighted by atomic mass is 16.6. The van der Waals surface area contributed by atoms with E-state index in [4.69, 9.17) is 0 Å². The maximum Gasteiger partial charge on any atom is 0.468 e. The fourth-order valence-electron chi connectivity index (χ4n) is 1.78. The van der Waals surface area contributed by atoms with Gasteiger partial charge in [-0.2, -0.15) is 4.68 Å². The quantitative estimate of drug-likeness (QED) is 0.641. The molecule has 0 unspecified atom stereocenters. The summed E-state index contributed by atoms with van der Waals surface area (Å²) in [5.41, 5.74) is -0.308. The lowest BCUT2D eigenvalue weighted by molar-refractivity contribution is -0.424. The van der Waals surface area contributed by atoms with Crippen molar-refractivity contribution in [2.24, 2.45) is 0 Å². The summed E-state index contributed by atoms with van der Waals surface area (Å²) in [6, 6.07) is 3.11. The van der Waals surface area contributed by atoms with Crippen molar-refractivity contribution in [1.29, 1.82) is 0 Å². The Labute approximate surface area is 122 Å². The minimum absolute atomic E-state index is 0.0680. The zero-order chi connectivity index (χ0) is 16.3. The predicted octanol–water partition coefficient (Wildman–Crippen LogP) is 1.04. The Balaban J connectivity index is 2.23. The number of rotatable bonds is 5. The maximum atomic E-state index is 11.9. The second-order valence-corrected chi connectivity index (χ2v) is 4.21. The molecule has 22 heavy (non-hydrogen) atoms. The molecule has 0 saturated heterocycles. The van der Waals surface area contributed by atoms with Crippen molar-refractivity contribution in [3.05, 3.63) is 50.4 Å². The Kier molecular flexibility index (Phi) is 4.06. The lowest BCUT2D eigenvalue weighted by Crippen LogP contribution is -2.20. The van der Waals surface area contributed by atoms with E-state index in [1.54, 1.807) is 12.1 Å². The third-order valence-corrected chi connectivity index (χ3v) is 2.77. The van der Waals surface area contributed by atoms with Gasteiger partial charge in [-0.25, -0.2) is 0 Å². The normalized spacial score (nSPS) is 10.2. The SMILES string of the molecule is Cc1c([N+](=O)[O-])c([N+](=O)[O-])nn1CC(=O)Nc1ccncc1. The van der Waals surface area contributed by atoms with Gasteiger partial charge in [0.05, 0.1) is 10.0 Å². The largest absolute Gasteiger partial charge is 0.468 e. The van der Waals surface area contributed by atoms with Crippen molar-refractivity contribution in [2.45, 2.75) is 13.5 Å². The van der Waals surface area contributed by atoms with Crippen LogP contribution in [0.15, 0.2) is 24.5 Å². The maximum absolute atomic E-state index is 11.9. The van der Waals surface area contributed by atoms with Crippen LogP contribution in [-0.4, -0.2) is 30.5 Å². The fraction of sp³-hybridized carbons (Fsp3) is 0.182. The molecule has 0 aliphatic carbocycles. The Morgan fingerprint density at radius 1 is 1.27 bits per heavy atom. The van der Waals surface area contributed by atoms with Gasteiger partial charge in [-0.05, 0) is 24.0 Å². The van der Waals surface area contributed by atoms with Crippen molar-refractivity contribution >= 4 is 23.1 Å². The van der Waals surface area contributed by atoms with E-state index in [1.165, 1.54) is 19.3 Å². The third kappa shape index (κ3) is 3.03. The molecular weight excluding hydrogens is 296 g/mol. The number of nitrogens with one attached hydrogen (secondary N) is 1. The summed E-state index contributed by atoms with van der Waals surface area (Å²) in [4.78, 5) is 35.5. The van der Waals surface area contributed by atoms with Gasteiger partial charge in [0, 0.05) is 18.1 Å². The first kappa shape index (κ1) is 15.0. The molecule has 1 N–H and O–H groups in total. The van der Waals surface area contributed by atoms with Crippen molar-refractivity contribution in [1.82, 2.24) is 14.8 Å². The van der Waals surface area contributed by atoms with Gasteiger partial charge >= 0.3 is 11.5 Å². The van der Waals surface area contributed by atoms with Gasteiger partial charge < -0.3 is 15.4 Å². The third-order valence-electron chi connectivity index (χ3n) is 2.77. The van der Waals surface area contributed by atoms with E-state index < -0.39 is 27.3 Å². The Morgan fingerprint density at radius 3 is 2.41 bits per heavy atom. The molecule has 2 aromatic heterocycles. The summed E-state index contributed by atoms with van der Waals surface area (Å²) in [6.07, 6.45) is 2.95. The van der Waals surface area contributed by atoms with Crippen LogP contribution < -0.4 is 5.32 Å². The van der Waals surface area contributed by atoms with Gasteiger partial charge in [-0.15, -0.1) is 0 Å². The van der Waals surface area contributed by atoms with Crippen molar-refractivity contribution in [2.75, 3.05) is 5.32 Å². The van der Waals surface area contributed by atoms with E-state index in [-0.39, 0.29) is 12.2 Å². The number of hydrogen-bond acceptors (Lipinski definition) is 7. The van der Waals surface area contributed by atoms with E-state index in [1.807, 2.05) is 0 Å². The van der Waals surface area contributed by atoms with Gasteiger partial charge in [0.15, 0.2) is 0 Å². The molecule has 0 radical (unpaired) electrons. The molecule has 1 amide bonds. The lowest BCUT2D eigenvalue weighted by Gasteiger charge is -2.03. The molecule has 2 aromatic rings. The van der Waals surface area contributed by atoms with Gasteiger partial charge in [-0.3, -0.25) is 19.9 Å². The highest BCUT2D eigenvalue weighted by molar-refractivity contribution is 5.90. The number of nitro groups is 2. The number of carbonyl (C=O) groups is 1. The molecule has 0 aromatic carbocycles. The molecule has 0 atom stereocenters. The van der Waals surface area contributed by atoms with Crippen LogP contribution in [0.25, 0.3) is 0 Å². The lowest BCUT2D eigenvalue weighted by atomic mass is 10.3. The molecule has 0 bridgehead atoms. The molecule has 2 heterocycles. The van der Waals surface area contributed by atoms with Crippen molar-refractivity contribution in [3.63, 3.8) is 0 Å². The smallest absolute Gasteiger partial charge is 0.358 e. The summed E-state index contributed by atoms with van der Waals surface area (Å²) in [7, 11) is 0. The van der Waals surface area contributed by atoms with Gasteiger partial charge in [0.25, 0.3) is 0 Å². The summed E-state index contributed by atoms with van der Waals surface area (Å²) in [5, 5.41) is 27.7. The van der Waals surface area contributed by atoms with Crippen LogP contribution >= 0.6 is 0 Å². The number of carbonyl (C=O) groups excluding carboxylic acids is 1. The van der Waals surface area contributed by atoms with Gasteiger partial charge in [0.2, 0.25) is 5.91 Å². The monoisotopic (exact) mass is 306 g/mol. The van der Waals surface area contributed by atoms with Crippen molar-refractivity contribution < 1.29 is 14.6 Å². The van der Waals surface area contributed by atoms with Gasteiger partial charge in [0.1, 0.15) is 12.2 Å². The van der Waals surface area contributed by atoms with Crippen LogP contribution in [0, 0.1) is 27.2 Å². The minimum Gasteiger partial charge on any atom is -0.358 e. The van der Waals surface area contributed by atoms with Crippen LogP contribution in [0.3, 0.4) is 0 Å². The zero-order valence-electron chi connectivity index (χ0n) is 11.3. The summed E-state index contributed by atoms with van der Waals surface area (Å²) >= 11 is 0. The first-order valence-electron chi connectivity index (χ1n) is 5.96. The van der Waals surface area contributed by atoms with Gasteiger partial charge in [-0.1, -0.05) is 0 Å². The second kappa shape index (κ2) is 5.95. The van der Waals surface area contributed by atoms with Crippen LogP contribution in [0.2, 0.25) is 0 Å². The number of hydrogen-bond donors (Lipinski definition) is 1. The van der Waals surface area contributed by atoms with E-state index in [2.05, 4.69) is 15.4 Å². The van der Waals surface area contributed by atoms with E-state index in [9.17, 15) is 25.0 Å². The molecule has 0 aliphatic rings. The summed E-state index contributed by atoms with van der Waals surface area (Å²) in [6.45, 7) is 0.903. The molecule has 2 rings (SSSR count). The zero-order valence-corrected chi connectivity index (χ0v) is 11.3. The number of nitrogens with zero attached hydrogens (tertiary/aromatic N) is 5. The summed E-state index contributed by atoms with van der Waals surface area (Å²) in [5.74, 6) is -1.42. The first-order chi connectivity index (χ1) is 10.4. The molecule has 0 fully saturated rings. The van der Waals surface area contributed by atoms with Crippen LogP contribution in [0.1, 0.15) is 5.69 Å². The topological polar surface area (TPSA) is 146 Å². The molecule has 114 valence electrons. The number of amides is 1. The molecule has 0 aliphatic heterocycles. The van der Waals surface area contributed by atoms with Crippen LogP contribution in [0.5, 0.6) is 0 Å². The fourth-order valence-corrected chi connectivity index (χ4v) is 1.78. The van der Waals surface area contributed by atoms with Crippen molar-refractivity contribution in [3.8, 4) is 0 Å². The molecular formula is C11H10N6O5. The minimum atomic E-state index is -0.956. The average molecular weight is 306 g/mol. The molecule has 11 nitrogen and oxygen atoms in total. The van der Waals surface area contributed by atoms with E-state index >= 15 is 0 Å². The standard InChI is InChI=1S/C11H10N6O5/c1-7-10(16(19)20)11(17(21)22)14-15(7)6-9(18)13-8-2-4-12-5-3-8/h2-5H,6H2,1H3,(H,12,13,18). The van der Waals surface area contributed by atoms with Crippen LogP contribution in [-0.2, 0) is 11.3 Å². The number of aromatic nitrogens is 3. The predicted molar refractivity (Wildman–Crippen MR) is 73.1 cm³/mol. The van der Waals surface area contributed by atoms with Crippen LogP contribution in [0.4, 0.5) is 17.2 Å². The molecule has 0 spiro atoms. The Morgan fingerprint density at radius 2 is 1.91 bits per heavy atom. The second-order valence-electron chi connectivity index (χ2n) is 4.21. The number of pyridine rings is 1. The first-order valence-corrected chi connectivity index (χ1v) is 5.96. The average Bonchev–Trinajstić information content (AvgIpc) is 2.77. The van der Waals surface area contributed by atoms with E-state index in [0.29, 0.717) is 5.69 Å². The molecule has 11 heteroatoms. The summed E-state index contributed by atoms with van der Waals surface area (Å²) < 4.78 is 0.923. The van der Waals surface area contributed by atoms with E-state index in [0.717, 1.165) is 4.68 Å². The Bertz CT molecular complexity index is 741. The Hall–Kier alpha value is -3.37. The molecule has 0 saturated carbocycles. The highest BCUT2D eigenvalue weighted by Crippen LogP contribution is 2.28.